The molecule has 1 aromatic carbocycles. The van der Waals surface area contributed by atoms with Crippen molar-refractivity contribution in [2.45, 2.75) is 37.2 Å². The molecule has 1 N–H and O–H groups in total. The SMILES string of the molecule is CC1CN(C(=O)c2ccc3c(c2)CCCN3)CC(C)S1. The van der Waals surface area contributed by atoms with Gasteiger partial charge in [-0.05, 0) is 36.6 Å². The van der Waals surface area contributed by atoms with Crippen LogP contribution in [0.5, 0.6) is 0 Å². The molecule has 0 radical (unpaired) electrons. The molecule has 1 fully saturated rings. The molecule has 4 heteroatoms. The zero-order valence-electron chi connectivity index (χ0n) is 12.2. The van der Waals surface area contributed by atoms with E-state index in [9.17, 15) is 4.79 Å². The molecule has 1 amide bonds. The Morgan fingerprint density at radius 3 is 2.80 bits per heavy atom. The van der Waals surface area contributed by atoms with Crippen LogP contribution in [-0.2, 0) is 6.42 Å². The van der Waals surface area contributed by atoms with Gasteiger partial charge in [-0.2, -0.15) is 11.8 Å². The van der Waals surface area contributed by atoms with Crippen LogP contribution in [0.2, 0.25) is 0 Å². The molecule has 0 spiro atoms. The normalized spacial score (nSPS) is 25.8. The second-order valence-corrected chi connectivity index (χ2v) is 7.75. The first-order chi connectivity index (χ1) is 9.63. The Labute approximate surface area is 125 Å². The van der Waals surface area contributed by atoms with Gasteiger partial charge >= 0.3 is 0 Å². The molecule has 0 bridgehead atoms. The third-order valence-electron chi connectivity index (χ3n) is 4.00. The molecule has 0 aliphatic carbocycles. The lowest BCUT2D eigenvalue weighted by molar-refractivity contribution is 0.0753. The molecule has 3 nitrogen and oxygen atoms in total. The van der Waals surface area contributed by atoms with Gasteiger partial charge in [0.05, 0.1) is 0 Å². The summed E-state index contributed by atoms with van der Waals surface area (Å²) in [5.41, 5.74) is 3.33. The van der Waals surface area contributed by atoms with Crippen molar-refractivity contribution in [3.05, 3.63) is 29.3 Å². The van der Waals surface area contributed by atoms with Crippen molar-refractivity contribution in [1.29, 1.82) is 0 Å². The number of amides is 1. The molecule has 2 heterocycles. The summed E-state index contributed by atoms with van der Waals surface area (Å²) in [6.45, 7) is 7.18. The van der Waals surface area contributed by atoms with Gasteiger partial charge in [-0.15, -0.1) is 0 Å². The predicted octanol–water partition coefficient (Wildman–Crippen LogP) is 3.01. The van der Waals surface area contributed by atoms with E-state index in [1.165, 1.54) is 11.3 Å². The van der Waals surface area contributed by atoms with Gasteiger partial charge in [-0.1, -0.05) is 13.8 Å². The molecule has 3 rings (SSSR count). The highest BCUT2D eigenvalue weighted by atomic mass is 32.2. The first-order valence-electron chi connectivity index (χ1n) is 7.45. The van der Waals surface area contributed by atoms with Crippen molar-refractivity contribution >= 4 is 23.4 Å². The number of hydrogen-bond acceptors (Lipinski definition) is 3. The summed E-state index contributed by atoms with van der Waals surface area (Å²) in [7, 11) is 0. The van der Waals surface area contributed by atoms with Gasteiger partial charge in [-0.25, -0.2) is 0 Å². The standard InChI is InChI=1S/C16H22N2OS/c1-11-9-18(10-12(2)20-11)16(19)14-5-6-15-13(8-14)4-3-7-17-15/h5-6,8,11-12,17H,3-4,7,9-10H2,1-2H3. The van der Waals surface area contributed by atoms with Crippen LogP contribution in [0.25, 0.3) is 0 Å². The monoisotopic (exact) mass is 290 g/mol. The molecule has 1 saturated heterocycles. The van der Waals surface area contributed by atoms with E-state index in [0.717, 1.165) is 38.0 Å². The number of aryl methyl sites for hydroxylation is 1. The van der Waals surface area contributed by atoms with E-state index in [1.807, 2.05) is 22.7 Å². The molecule has 2 unspecified atom stereocenters. The van der Waals surface area contributed by atoms with Crippen LogP contribution in [0.3, 0.4) is 0 Å². The number of fused-ring (bicyclic) bond motifs is 1. The molecule has 1 aromatic rings. The predicted molar refractivity (Wildman–Crippen MR) is 85.7 cm³/mol. The van der Waals surface area contributed by atoms with Crippen molar-refractivity contribution in [1.82, 2.24) is 4.90 Å². The van der Waals surface area contributed by atoms with Crippen LogP contribution < -0.4 is 5.32 Å². The third kappa shape index (κ3) is 2.80. The first-order valence-corrected chi connectivity index (χ1v) is 8.39. The number of nitrogens with one attached hydrogen (secondary N) is 1. The highest BCUT2D eigenvalue weighted by molar-refractivity contribution is 8.00. The lowest BCUT2D eigenvalue weighted by atomic mass is 10.00. The van der Waals surface area contributed by atoms with Crippen molar-refractivity contribution in [3.8, 4) is 0 Å². The fourth-order valence-electron chi connectivity index (χ4n) is 3.13. The Hall–Kier alpha value is -1.16. The van der Waals surface area contributed by atoms with Gasteiger partial charge in [-0.3, -0.25) is 4.79 Å². The van der Waals surface area contributed by atoms with E-state index in [-0.39, 0.29) is 5.91 Å². The van der Waals surface area contributed by atoms with E-state index < -0.39 is 0 Å². The number of nitrogens with zero attached hydrogens (tertiary/aromatic N) is 1. The topological polar surface area (TPSA) is 32.3 Å². The van der Waals surface area contributed by atoms with E-state index in [2.05, 4.69) is 31.3 Å². The molecule has 0 aromatic heterocycles. The fraction of sp³-hybridized carbons (Fsp3) is 0.562. The Morgan fingerprint density at radius 1 is 1.30 bits per heavy atom. The van der Waals surface area contributed by atoms with Crippen molar-refractivity contribution < 1.29 is 4.79 Å². The second kappa shape index (κ2) is 5.68. The van der Waals surface area contributed by atoms with Crippen molar-refractivity contribution in [3.63, 3.8) is 0 Å². The summed E-state index contributed by atoms with van der Waals surface area (Å²) < 4.78 is 0. The summed E-state index contributed by atoms with van der Waals surface area (Å²) >= 11 is 1.98. The maximum Gasteiger partial charge on any atom is 0.253 e. The molecule has 0 saturated carbocycles. The average molecular weight is 290 g/mol. The summed E-state index contributed by atoms with van der Waals surface area (Å²) in [5, 5.41) is 4.45. The number of benzene rings is 1. The third-order valence-corrected chi connectivity index (χ3v) is 5.22. The Morgan fingerprint density at radius 2 is 2.05 bits per heavy atom. The summed E-state index contributed by atoms with van der Waals surface area (Å²) in [6, 6.07) is 6.12. The van der Waals surface area contributed by atoms with Gasteiger partial charge in [0.1, 0.15) is 0 Å². The van der Waals surface area contributed by atoms with Crippen LogP contribution in [0, 0.1) is 0 Å². The average Bonchev–Trinajstić information content (AvgIpc) is 2.45. The number of hydrogen-bond donors (Lipinski definition) is 1. The number of carbonyl (C=O) groups is 1. The Balaban J connectivity index is 1.79. The van der Waals surface area contributed by atoms with Crippen LogP contribution >= 0.6 is 11.8 Å². The van der Waals surface area contributed by atoms with Gasteiger partial charge < -0.3 is 10.2 Å². The minimum Gasteiger partial charge on any atom is -0.385 e. The zero-order chi connectivity index (χ0) is 14.1. The van der Waals surface area contributed by atoms with Crippen LogP contribution in [0.15, 0.2) is 18.2 Å². The minimum atomic E-state index is 0.192. The lowest BCUT2D eigenvalue weighted by Crippen LogP contribution is -2.44. The lowest BCUT2D eigenvalue weighted by Gasteiger charge is -2.34. The Bertz CT molecular complexity index is 507. The van der Waals surface area contributed by atoms with Crippen molar-refractivity contribution in [2.24, 2.45) is 0 Å². The van der Waals surface area contributed by atoms with Gasteiger partial charge in [0.2, 0.25) is 0 Å². The van der Waals surface area contributed by atoms with Gasteiger partial charge in [0, 0.05) is 41.4 Å². The fourth-order valence-corrected chi connectivity index (χ4v) is 4.46. The number of thioether (sulfide) groups is 1. The van der Waals surface area contributed by atoms with E-state index in [1.54, 1.807) is 0 Å². The smallest absolute Gasteiger partial charge is 0.253 e. The highest BCUT2D eigenvalue weighted by Crippen LogP contribution is 2.27. The molecule has 20 heavy (non-hydrogen) atoms. The zero-order valence-corrected chi connectivity index (χ0v) is 13.0. The summed E-state index contributed by atoms with van der Waals surface area (Å²) in [4.78, 5) is 14.7. The maximum atomic E-state index is 12.7. The second-order valence-electron chi connectivity index (χ2n) is 5.87. The van der Waals surface area contributed by atoms with E-state index >= 15 is 0 Å². The van der Waals surface area contributed by atoms with E-state index in [4.69, 9.17) is 0 Å². The summed E-state index contributed by atoms with van der Waals surface area (Å²) in [5.74, 6) is 0.192. The quantitative estimate of drug-likeness (QED) is 0.863. The number of carbonyl (C=O) groups excluding carboxylic acids is 1. The minimum absolute atomic E-state index is 0.192. The molecule has 2 atom stereocenters. The van der Waals surface area contributed by atoms with Crippen LogP contribution in [-0.4, -0.2) is 40.9 Å². The molecule has 108 valence electrons. The molecule has 2 aliphatic rings. The highest BCUT2D eigenvalue weighted by Gasteiger charge is 2.27. The van der Waals surface area contributed by atoms with Crippen LogP contribution in [0.4, 0.5) is 5.69 Å². The van der Waals surface area contributed by atoms with E-state index in [0.29, 0.717) is 10.5 Å². The molecule has 2 aliphatic heterocycles. The number of rotatable bonds is 1. The first kappa shape index (κ1) is 13.8. The van der Waals surface area contributed by atoms with Crippen molar-refractivity contribution in [2.75, 3.05) is 25.0 Å². The largest absolute Gasteiger partial charge is 0.385 e. The Kier molecular flexibility index (Phi) is 3.92. The van der Waals surface area contributed by atoms with Gasteiger partial charge in [0.25, 0.3) is 5.91 Å². The maximum absolute atomic E-state index is 12.7. The number of anilines is 1. The summed E-state index contributed by atoms with van der Waals surface area (Å²) in [6.07, 6.45) is 2.23. The molecular weight excluding hydrogens is 268 g/mol. The van der Waals surface area contributed by atoms with Gasteiger partial charge in [0.15, 0.2) is 0 Å². The van der Waals surface area contributed by atoms with Crippen LogP contribution in [0.1, 0.15) is 36.2 Å². The molecular formula is C16H22N2OS.